The lowest BCUT2D eigenvalue weighted by Gasteiger charge is -2.39. The number of anilines is 1. The molecule has 3 rings (SSSR count). The Hall–Kier alpha value is -1.30. The van der Waals surface area contributed by atoms with Gasteiger partial charge in [0.05, 0.1) is 0 Å². The Kier molecular flexibility index (Phi) is 2.92. The van der Waals surface area contributed by atoms with E-state index in [-0.39, 0.29) is 24.2 Å². The van der Waals surface area contributed by atoms with E-state index in [1.165, 1.54) is 4.90 Å². The van der Waals surface area contributed by atoms with Crippen molar-refractivity contribution in [2.24, 2.45) is 5.73 Å². The van der Waals surface area contributed by atoms with Crippen LogP contribution in [0.15, 0.2) is 6.07 Å². The van der Waals surface area contributed by atoms with E-state index in [0.29, 0.717) is 12.8 Å². The molecule has 0 aliphatic carbocycles. The molecular formula is C13H14F4N2. The smallest absolute Gasteiger partial charge is 0.185 e. The van der Waals surface area contributed by atoms with E-state index in [1.807, 2.05) is 0 Å². The third-order valence-corrected chi connectivity index (χ3v) is 4.12. The molecular weight excluding hydrogens is 260 g/mol. The van der Waals surface area contributed by atoms with E-state index in [4.69, 9.17) is 5.73 Å². The second-order valence-electron chi connectivity index (χ2n) is 5.34. The first kappa shape index (κ1) is 12.7. The molecule has 0 radical (unpaired) electrons. The summed E-state index contributed by atoms with van der Waals surface area (Å²) in [5.74, 6) is -5.34. The van der Waals surface area contributed by atoms with E-state index in [2.05, 4.69) is 0 Å². The monoisotopic (exact) mass is 274 g/mol. The number of rotatable bonds is 1. The molecule has 2 atom stereocenters. The first-order valence-corrected chi connectivity index (χ1v) is 6.36. The van der Waals surface area contributed by atoms with E-state index in [9.17, 15) is 17.6 Å². The Balaban J connectivity index is 2.08. The average Bonchev–Trinajstić information content (AvgIpc) is 2.60. The molecule has 0 spiro atoms. The van der Waals surface area contributed by atoms with E-state index >= 15 is 0 Å². The Morgan fingerprint density at radius 2 is 1.42 bits per heavy atom. The molecule has 104 valence electrons. The SMILES string of the molecule is NC1CC2CCC(C1)N2c1c(F)c(F)cc(F)c1F. The van der Waals surface area contributed by atoms with Crippen LogP contribution < -0.4 is 10.6 Å². The van der Waals surface area contributed by atoms with Crippen molar-refractivity contribution in [1.82, 2.24) is 0 Å². The van der Waals surface area contributed by atoms with Crippen molar-refractivity contribution in [3.8, 4) is 0 Å². The fourth-order valence-electron chi connectivity index (χ4n) is 3.37. The van der Waals surface area contributed by atoms with Gasteiger partial charge >= 0.3 is 0 Å². The summed E-state index contributed by atoms with van der Waals surface area (Å²) in [7, 11) is 0. The van der Waals surface area contributed by atoms with Gasteiger partial charge in [-0.05, 0) is 25.7 Å². The van der Waals surface area contributed by atoms with Gasteiger partial charge in [-0.25, -0.2) is 17.6 Å². The van der Waals surface area contributed by atoms with E-state index in [1.54, 1.807) is 0 Å². The number of nitrogens with zero attached hydrogens (tertiary/aromatic N) is 1. The number of fused-ring (bicyclic) bond motifs is 2. The normalized spacial score (nSPS) is 29.9. The van der Waals surface area contributed by atoms with Crippen LogP contribution in [-0.4, -0.2) is 18.1 Å². The van der Waals surface area contributed by atoms with Crippen molar-refractivity contribution in [2.75, 3.05) is 4.90 Å². The summed E-state index contributed by atoms with van der Waals surface area (Å²) in [6, 6.07) is -0.0534. The third-order valence-electron chi connectivity index (χ3n) is 4.12. The zero-order chi connectivity index (χ0) is 13.7. The largest absolute Gasteiger partial charge is 0.361 e. The Morgan fingerprint density at radius 1 is 0.947 bits per heavy atom. The number of halogens is 4. The van der Waals surface area contributed by atoms with Gasteiger partial charge in [-0.1, -0.05) is 0 Å². The van der Waals surface area contributed by atoms with Crippen LogP contribution in [0.3, 0.4) is 0 Å². The first-order chi connectivity index (χ1) is 8.99. The predicted octanol–water partition coefficient (Wildman–Crippen LogP) is 2.70. The lowest BCUT2D eigenvalue weighted by Crippen LogP contribution is -2.48. The molecule has 0 amide bonds. The van der Waals surface area contributed by atoms with Gasteiger partial charge in [-0.15, -0.1) is 0 Å². The summed E-state index contributed by atoms with van der Waals surface area (Å²) in [6.45, 7) is 0. The zero-order valence-electron chi connectivity index (χ0n) is 10.2. The van der Waals surface area contributed by atoms with Crippen LogP contribution >= 0.6 is 0 Å². The van der Waals surface area contributed by atoms with Crippen LogP contribution in [0, 0.1) is 23.3 Å². The predicted molar refractivity (Wildman–Crippen MR) is 62.8 cm³/mol. The summed E-state index contributed by atoms with van der Waals surface area (Å²) >= 11 is 0. The summed E-state index contributed by atoms with van der Waals surface area (Å²) in [5.41, 5.74) is 5.30. The van der Waals surface area contributed by atoms with Crippen LogP contribution in [0.2, 0.25) is 0 Å². The summed E-state index contributed by atoms with van der Waals surface area (Å²) in [5, 5.41) is 0. The maximum Gasteiger partial charge on any atom is 0.185 e. The number of nitrogens with two attached hydrogens (primary N) is 1. The summed E-state index contributed by atoms with van der Waals surface area (Å²) in [6.07, 6.45) is 2.67. The Labute approximate surface area is 108 Å². The minimum absolute atomic E-state index is 0.0155. The lowest BCUT2D eigenvalue weighted by atomic mass is 9.97. The minimum Gasteiger partial charge on any atom is -0.361 e. The average molecular weight is 274 g/mol. The molecule has 0 aromatic heterocycles. The number of piperidine rings is 1. The van der Waals surface area contributed by atoms with Crippen molar-refractivity contribution in [1.29, 1.82) is 0 Å². The van der Waals surface area contributed by atoms with Crippen LogP contribution in [-0.2, 0) is 0 Å². The van der Waals surface area contributed by atoms with Gasteiger partial charge in [0, 0.05) is 24.2 Å². The standard InChI is InChI=1S/C13H14F4N2/c14-9-5-10(15)12(17)13(11(9)16)19-7-1-2-8(19)4-6(18)3-7/h5-8H,1-4,18H2. The zero-order valence-corrected chi connectivity index (χ0v) is 10.2. The Bertz CT molecular complexity index is 480. The highest BCUT2D eigenvalue weighted by molar-refractivity contribution is 5.53. The molecule has 2 aliphatic heterocycles. The number of hydrogen-bond donors (Lipinski definition) is 1. The second kappa shape index (κ2) is 4.37. The Morgan fingerprint density at radius 3 is 1.89 bits per heavy atom. The van der Waals surface area contributed by atoms with Gasteiger partial charge in [0.25, 0.3) is 0 Å². The van der Waals surface area contributed by atoms with Crippen molar-refractivity contribution < 1.29 is 17.6 Å². The molecule has 2 saturated heterocycles. The highest BCUT2D eigenvalue weighted by Gasteiger charge is 2.42. The maximum atomic E-state index is 13.8. The summed E-state index contributed by atoms with van der Waals surface area (Å²) in [4.78, 5) is 1.49. The second-order valence-corrected chi connectivity index (χ2v) is 5.34. The fraction of sp³-hybridized carbons (Fsp3) is 0.538. The van der Waals surface area contributed by atoms with Crippen molar-refractivity contribution in [2.45, 2.75) is 43.8 Å². The van der Waals surface area contributed by atoms with Crippen LogP contribution in [0.4, 0.5) is 23.2 Å². The van der Waals surface area contributed by atoms with Crippen molar-refractivity contribution in [3.63, 3.8) is 0 Å². The van der Waals surface area contributed by atoms with Gasteiger partial charge in [0.15, 0.2) is 23.3 Å². The van der Waals surface area contributed by atoms with Gasteiger partial charge < -0.3 is 10.6 Å². The molecule has 2 bridgehead atoms. The molecule has 2 aliphatic rings. The molecule has 2 N–H and O–H groups in total. The molecule has 1 aromatic carbocycles. The number of hydrogen-bond acceptors (Lipinski definition) is 2. The molecule has 2 unspecified atom stereocenters. The van der Waals surface area contributed by atoms with E-state index < -0.39 is 29.0 Å². The first-order valence-electron chi connectivity index (χ1n) is 6.36. The van der Waals surface area contributed by atoms with Gasteiger partial charge in [0.2, 0.25) is 0 Å². The highest BCUT2D eigenvalue weighted by atomic mass is 19.2. The van der Waals surface area contributed by atoms with Gasteiger partial charge in [0.1, 0.15) is 5.69 Å². The quantitative estimate of drug-likeness (QED) is 0.630. The van der Waals surface area contributed by atoms with Gasteiger partial charge in [-0.3, -0.25) is 0 Å². The van der Waals surface area contributed by atoms with Gasteiger partial charge in [-0.2, -0.15) is 0 Å². The molecule has 2 heterocycles. The minimum atomic E-state index is -1.36. The summed E-state index contributed by atoms with van der Waals surface area (Å²) < 4.78 is 54.3. The molecule has 6 heteroatoms. The molecule has 2 fully saturated rings. The lowest BCUT2D eigenvalue weighted by molar-refractivity contribution is 0.390. The number of benzene rings is 1. The molecule has 1 aromatic rings. The van der Waals surface area contributed by atoms with Crippen LogP contribution in [0.5, 0.6) is 0 Å². The van der Waals surface area contributed by atoms with E-state index in [0.717, 1.165) is 12.8 Å². The van der Waals surface area contributed by atoms with Crippen LogP contribution in [0.25, 0.3) is 0 Å². The highest BCUT2D eigenvalue weighted by Crippen LogP contribution is 2.41. The van der Waals surface area contributed by atoms with Crippen LogP contribution in [0.1, 0.15) is 25.7 Å². The van der Waals surface area contributed by atoms with Crippen molar-refractivity contribution >= 4 is 5.69 Å². The molecule has 0 saturated carbocycles. The molecule has 2 nitrogen and oxygen atoms in total. The topological polar surface area (TPSA) is 29.3 Å². The third kappa shape index (κ3) is 1.89. The van der Waals surface area contributed by atoms with Crippen molar-refractivity contribution in [3.05, 3.63) is 29.3 Å². The maximum absolute atomic E-state index is 13.8. The molecule has 19 heavy (non-hydrogen) atoms. The fourth-order valence-corrected chi connectivity index (χ4v) is 3.37.